The lowest BCUT2D eigenvalue weighted by atomic mass is 9.62. The highest BCUT2D eigenvalue weighted by Crippen LogP contribution is 2.52. The second-order valence-electron chi connectivity index (χ2n) is 8.09. The van der Waals surface area contributed by atoms with Crippen molar-refractivity contribution in [3.8, 4) is 0 Å². The summed E-state index contributed by atoms with van der Waals surface area (Å²) >= 11 is 0. The van der Waals surface area contributed by atoms with Gasteiger partial charge >= 0.3 is 0 Å². The normalized spacial score (nSPS) is 33.9. The maximum atomic E-state index is 11.7. The van der Waals surface area contributed by atoms with Crippen LogP contribution in [0.2, 0.25) is 0 Å². The first kappa shape index (κ1) is 20.6. The van der Waals surface area contributed by atoms with E-state index < -0.39 is 0 Å². The van der Waals surface area contributed by atoms with Crippen molar-refractivity contribution in [1.29, 1.82) is 0 Å². The van der Waals surface area contributed by atoms with E-state index in [1.807, 2.05) is 19.2 Å². The molecule has 3 aliphatic rings. The second-order valence-corrected chi connectivity index (χ2v) is 8.09. The number of halogens is 1. The minimum atomic E-state index is -0.375. The number of hydrogen-bond acceptors (Lipinski definition) is 4. The number of primary amides is 1. The molecular formula is C21H31ClN2O3. The van der Waals surface area contributed by atoms with Gasteiger partial charge < -0.3 is 15.2 Å². The predicted molar refractivity (Wildman–Crippen MR) is 107 cm³/mol. The third-order valence-corrected chi connectivity index (χ3v) is 6.82. The molecule has 1 aliphatic carbocycles. The summed E-state index contributed by atoms with van der Waals surface area (Å²) in [7, 11) is 1.83. The van der Waals surface area contributed by atoms with Crippen LogP contribution in [-0.2, 0) is 15.1 Å². The van der Waals surface area contributed by atoms with E-state index in [0.29, 0.717) is 23.4 Å². The first-order valence-electron chi connectivity index (χ1n) is 9.92. The van der Waals surface area contributed by atoms with Gasteiger partial charge in [0.2, 0.25) is 5.91 Å². The van der Waals surface area contributed by atoms with Crippen LogP contribution >= 0.6 is 12.4 Å². The van der Waals surface area contributed by atoms with Gasteiger partial charge in [-0.15, -0.1) is 12.4 Å². The number of carbonyl (C=O) groups excluding carboxylic acids is 1. The van der Waals surface area contributed by atoms with Crippen molar-refractivity contribution in [3.05, 3.63) is 35.4 Å². The highest BCUT2D eigenvalue weighted by atomic mass is 35.5. The summed E-state index contributed by atoms with van der Waals surface area (Å²) < 4.78 is 12.0. The number of amides is 1. The quantitative estimate of drug-likeness (QED) is 0.852. The Morgan fingerprint density at radius 2 is 1.96 bits per heavy atom. The maximum absolute atomic E-state index is 11.7. The van der Waals surface area contributed by atoms with E-state index in [2.05, 4.69) is 11.0 Å². The molecule has 2 saturated heterocycles. The summed E-state index contributed by atoms with van der Waals surface area (Å²) in [5.41, 5.74) is 6.91. The fourth-order valence-corrected chi connectivity index (χ4v) is 5.62. The summed E-state index contributed by atoms with van der Waals surface area (Å²) in [4.78, 5) is 14.3. The SMILES string of the molecule is COC1(c2cccc(C(N)=O)c2)C2CCCC1CN([C@H]1CCCOC1)C2.Cl. The van der Waals surface area contributed by atoms with Crippen LogP contribution in [0.5, 0.6) is 0 Å². The van der Waals surface area contributed by atoms with E-state index in [9.17, 15) is 4.79 Å². The van der Waals surface area contributed by atoms with Gasteiger partial charge in [-0.1, -0.05) is 18.6 Å². The molecule has 2 N–H and O–H groups in total. The fourth-order valence-electron chi connectivity index (χ4n) is 5.62. The average Bonchev–Trinajstić information content (AvgIpc) is 2.67. The number of piperidine rings is 1. The molecule has 2 bridgehead atoms. The topological polar surface area (TPSA) is 64.8 Å². The van der Waals surface area contributed by atoms with Crippen LogP contribution in [0.25, 0.3) is 0 Å². The molecule has 3 atom stereocenters. The van der Waals surface area contributed by atoms with Crippen molar-refractivity contribution in [2.45, 2.75) is 43.7 Å². The molecule has 2 heterocycles. The summed E-state index contributed by atoms with van der Waals surface area (Å²) in [6.07, 6.45) is 5.97. The number of benzene rings is 1. The van der Waals surface area contributed by atoms with Crippen LogP contribution in [-0.4, -0.2) is 50.3 Å². The maximum Gasteiger partial charge on any atom is 0.248 e. The van der Waals surface area contributed by atoms with Gasteiger partial charge in [-0.05, 0) is 43.4 Å². The fraction of sp³-hybridized carbons (Fsp3) is 0.667. The van der Waals surface area contributed by atoms with Crippen LogP contribution in [0.1, 0.15) is 48.0 Å². The van der Waals surface area contributed by atoms with Crippen molar-refractivity contribution in [3.63, 3.8) is 0 Å². The lowest BCUT2D eigenvalue weighted by Gasteiger charge is -2.57. The van der Waals surface area contributed by atoms with Crippen LogP contribution in [0.4, 0.5) is 0 Å². The molecule has 1 saturated carbocycles. The molecule has 5 nitrogen and oxygen atoms in total. The van der Waals surface area contributed by atoms with Gasteiger partial charge in [-0.2, -0.15) is 0 Å². The van der Waals surface area contributed by atoms with Gasteiger partial charge in [-0.3, -0.25) is 9.69 Å². The van der Waals surface area contributed by atoms with Crippen LogP contribution in [0.3, 0.4) is 0 Å². The van der Waals surface area contributed by atoms with Crippen LogP contribution in [0.15, 0.2) is 24.3 Å². The second kappa shape index (κ2) is 8.48. The molecule has 1 amide bonds. The Hall–Kier alpha value is -1.14. The van der Waals surface area contributed by atoms with Crippen molar-refractivity contribution in [2.75, 3.05) is 33.4 Å². The van der Waals surface area contributed by atoms with Gasteiger partial charge in [-0.25, -0.2) is 0 Å². The summed E-state index contributed by atoms with van der Waals surface area (Å²) in [6, 6.07) is 8.34. The molecular weight excluding hydrogens is 364 g/mol. The molecule has 2 aliphatic heterocycles. The molecule has 1 aromatic rings. The number of ether oxygens (including phenoxy) is 2. The Bertz CT molecular complexity index is 649. The number of rotatable bonds is 4. The third kappa shape index (κ3) is 3.63. The largest absolute Gasteiger partial charge is 0.380 e. The first-order valence-corrected chi connectivity index (χ1v) is 9.92. The van der Waals surface area contributed by atoms with Crippen molar-refractivity contribution >= 4 is 18.3 Å². The van der Waals surface area contributed by atoms with E-state index in [-0.39, 0.29) is 23.9 Å². The standard InChI is InChI=1S/C21H30N2O3.ClH/c1-25-21(16-6-2-5-15(11-16)20(22)24)17-7-3-8-18(21)13-23(12-17)19-9-4-10-26-14-19;/h2,5-6,11,17-19H,3-4,7-10,12-14H2,1H3,(H2,22,24);1H/t17?,18?,19-,21?;/m0./s1. The molecule has 2 unspecified atom stereocenters. The minimum absolute atomic E-state index is 0. The van der Waals surface area contributed by atoms with E-state index in [1.165, 1.54) is 12.8 Å². The van der Waals surface area contributed by atoms with Gasteiger partial charge in [0.1, 0.15) is 5.60 Å². The lowest BCUT2D eigenvalue weighted by molar-refractivity contribution is -0.179. The van der Waals surface area contributed by atoms with E-state index in [1.54, 1.807) is 6.07 Å². The molecule has 4 rings (SSSR count). The number of hydrogen-bond donors (Lipinski definition) is 1. The summed E-state index contributed by atoms with van der Waals surface area (Å²) in [5.74, 6) is 0.496. The Balaban J connectivity index is 0.00000210. The van der Waals surface area contributed by atoms with Crippen LogP contribution in [0, 0.1) is 11.8 Å². The van der Waals surface area contributed by atoms with E-state index in [4.69, 9.17) is 15.2 Å². The van der Waals surface area contributed by atoms with Crippen molar-refractivity contribution in [2.24, 2.45) is 17.6 Å². The molecule has 0 spiro atoms. The van der Waals surface area contributed by atoms with Gasteiger partial charge in [0.15, 0.2) is 0 Å². The number of nitrogens with zero attached hydrogens (tertiary/aromatic N) is 1. The smallest absolute Gasteiger partial charge is 0.248 e. The molecule has 27 heavy (non-hydrogen) atoms. The molecule has 150 valence electrons. The molecule has 1 aromatic carbocycles. The highest BCUT2D eigenvalue weighted by Gasteiger charge is 2.54. The highest BCUT2D eigenvalue weighted by molar-refractivity contribution is 5.92. The molecule has 0 aromatic heterocycles. The Morgan fingerprint density at radius 3 is 2.56 bits per heavy atom. The Morgan fingerprint density at radius 1 is 1.22 bits per heavy atom. The zero-order valence-electron chi connectivity index (χ0n) is 16.1. The number of nitrogens with two attached hydrogens (primary N) is 1. The van der Waals surface area contributed by atoms with Gasteiger partial charge in [0.25, 0.3) is 0 Å². The van der Waals surface area contributed by atoms with Crippen LogP contribution < -0.4 is 5.73 Å². The monoisotopic (exact) mass is 394 g/mol. The summed E-state index contributed by atoms with van der Waals surface area (Å²) in [6.45, 7) is 3.84. The van der Waals surface area contributed by atoms with Gasteiger partial charge in [0.05, 0.1) is 6.61 Å². The Labute approximate surface area is 168 Å². The van der Waals surface area contributed by atoms with Crippen molar-refractivity contribution in [1.82, 2.24) is 4.90 Å². The lowest BCUT2D eigenvalue weighted by Crippen LogP contribution is -2.61. The van der Waals surface area contributed by atoms with Crippen molar-refractivity contribution < 1.29 is 14.3 Å². The first-order chi connectivity index (χ1) is 12.6. The Kier molecular flexibility index (Phi) is 6.46. The number of methoxy groups -OCH3 is 1. The summed E-state index contributed by atoms with van der Waals surface area (Å²) in [5, 5.41) is 0. The minimum Gasteiger partial charge on any atom is -0.380 e. The van der Waals surface area contributed by atoms with Gasteiger partial charge in [0, 0.05) is 50.2 Å². The predicted octanol–water partition coefficient (Wildman–Crippen LogP) is 2.96. The molecule has 0 radical (unpaired) electrons. The molecule has 6 heteroatoms. The number of likely N-dealkylation sites (tertiary alicyclic amines) is 1. The number of carbonyl (C=O) groups is 1. The zero-order valence-corrected chi connectivity index (χ0v) is 16.9. The van der Waals surface area contributed by atoms with E-state index >= 15 is 0 Å². The number of fused-ring (bicyclic) bond motifs is 2. The third-order valence-electron chi connectivity index (χ3n) is 6.82. The molecule has 3 fully saturated rings. The van der Waals surface area contributed by atoms with E-state index in [0.717, 1.165) is 51.1 Å². The zero-order chi connectivity index (χ0) is 18.1. The average molecular weight is 395 g/mol.